The van der Waals surface area contributed by atoms with Crippen LogP contribution in [0.3, 0.4) is 0 Å². The van der Waals surface area contributed by atoms with Gasteiger partial charge in [0.1, 0.15) is 17.6 Å². The predicted molar refractivity (Wildman–Crippen MR) is 61.6 cm³/mol. The molecular weight excluding hydrogens is 265 g/mol. The average Bonchev–Trinajstić information content (AvgIpc) is 2.31. The van der Waals surface area contributed by atoms with E-state index in [1.165, 1.54) is 0 Å². The van der Waals surface area contributed by atoms with Gasteiger partial charge in [0.2, 0.25) is 5.91 Å². The van der Waals surface area contributed by atoms with Gasteiger partial charge in [-0.3, -0.25) is 9.59 Å². The Morgan fingerprint density at radius 2 is 2.28 bits per heavy atom. The maximum Gasteiger partial charge on any atom is 0.254 e. The molecule has 0 spiro atoms. The van der Waals surface area contributed by atoms with Crippen LogP contribution in [0.25, 0.3) is 0 Å². The van der Waals surface area contributed by atoms with Crippen LogP contribution >= 0.6 is 11.6 Å². The minimum absolute atomic E-state index is 0.0634. The number of pyridine rings is 1. The van der Waals surface area contributed by atoms with Gasteiger partial charge in [-0.1, -0.05) is 11.6 Å². The second-order valence-electron chi connectivity index (χ2n) is 3.27. The van der Waals surface area contributed by atoms with Crippen molar-refractivity contribution in [3.63, 3.8) is 0 Å². The third kappa shape index (κ3) is 4.64. The molecule has 1 rings (SSSR count). The fraction of sp³-hybridized carbons (Fsp3) is 0.300. The van der Waals surface area contributed by atoms with Gasteiger partial charge in [0.05, 0.1) is 18.4 Å². The number of carbonyl (C=O) groups excluding carboxylic acids is 2. The van der Waals surface area contributed by atoms with Gasteiger partial charge >= 0.3 is 0 Å². The van der Waals surface area contributed by atoms with Gasteiger partial charge in [-0.05, 0) is 6.07 Å². The highest BCUT2D eigenvalue weighted by molar-refractivity contribution is 6.32. The van der Waals surface area contributed by atoms with Crippen LogP contribution in [0.15, 0.2) is 12.3 Å². The van der Waals surface area contributed by atoms with Crippen LogP contribution < -0.4 is 11.1 Å². The second-order valence-corrected chi connectivity index (χ2v) is 3.62. The highest BCUT2D eigenvalue weighted by Crippen LogP contribution is 2.13. The van der Waals surface area contributed by atoms with Crippen LogP contribution in [-0.4, -0.2) is 36.6 Å². The maximum atomic E-state index is 12.9. The molecule has 0 unspecified atom stereocenters. The van der Waals surface area contributed by atoms with E-state index in [9.17, 15) is 14.0 Å². The molecule has 0 atom stereocenters. The van der Waals surface area contributed by atoms with Crippen LogP contribution in [0.4, 0.5) is 4.39 Å². The molecule has 6 nitrogen and oxygen atoms in total. The molecule has 1 aromatic heterocycles. The maximum absolute atomic E-state index is 12.9. The SMILES string of the molecule is NC(=O)COCCNC(=O)c1cc(F)cnc1Cl. The molecule has 0 radical (unpaired) electrons. The van der Waals surface area contributed by atoms with Crippen LogP contribution in [0.5, 0.6) is 0 Å². The van der Waals surface area contributed by atoms with E-state index in [1.54, 1.807) is 0 Å². The molecule has 0 saturated carbocycles. The summed E-state index contributed by atoms with van der Waals surface area (Å²) in [6.45, 7) is 0.0200. The summed E-state index contributed by atoms with van der Waals surface area (Å²) in [5.74, 6) is -1.83. The molecule has 3 N–H and O–H groups in total. The summed E-state index contributed by atoms with van der Waals surface area (Å²) >= 11 is 5.64. The number of halogens is 2. The quantitative estimate of drug-likeness (QED) is 0.569. The van der Waals surface area contributed by atoms with E-state index < -0.39 is 17.6 Å². The molecule has 1 aromatic rings. The molecule has 0 aromatic carbocycles. The van der Waals surface area contributed by atoms with Crippen molar-refractivity contribution in [3.8, 4) is 0 Å². The summed E-state index contributed by atoms with van der Waals surface area (Å²) in [6.07, 6.45) is 0.912. The summed E-state index contributed by atoms with van der Waals surface area (Å²) in [5, 5.41) is 2.34. The first kappa shape index (κ1) is 14.3. The molecule has 18 heavy (non-hydrogen) atoms. The van der Waals surface area contributed by atoms with Gasteiger partial charge < -0.3 is 15.8 Å². The number of hydrogen-bond acceptors (Lipinski definition) is 4. The van der Waals surface area contributed by atoms with E-state index in [0.717, 1.165) is 12.3 Å². The number of hydrogen-bond donors (Lipinski definition) is 2. The molecule has 2 amide bonds. The third-order valence-electron chi connectivity index (χ3n) is 1.83. The van der Waals surface area contributed by atoms with Crippen molar-refractivity contribution in [2.45, 2.75) is 0 Å². The first-order chi connectivity index (χ1) is 8.50. The lowest BCUT2D eigenvalue weighted by Crippen LogP contribution is -2.29. The van der Waals surface area contributed by atoms with Crippen molar-refractivity contribution in [1.29, 1.82) is 0 Å². The first-order valence-electron chi connectivity index (χ1n) is 4.96. The molecule has 1 heterocycles. The van der Waals surface area contributed by atoms with Gasteiger partial charge in [0, 0.05) is 6.54 Å². The smallest absolute Gasteiger partial charge is 0.254 e. The van der Waals surface area contributed by atoms with Crippen molar-refractivity contribution in [2.24, 2.45) is 5.73 Å². The summed E-state index contributed by atoms with van der Waals surface area (Å²) < 4.78 is 17.7. The Kier molecular flexibility index (Phi) is 5.47. The monoisotopic (exact) mass is 275 g/mol. The van der Waals surface area contributed by atoms with Crippen molar-refractivity contribution in [1.82, 2.24) is 10.3 Å². The van der Waals surface area contributed by atoms with Crippen molar-refractivity contribution < 1.29 is 18.7 Å². The van der Waals surface area contributed by atoms with Gasteiger partial charge in [-0.25, -0.2) is 9.37 Å². The number of nitrogens with zero attached hydrogens (tertiary/aromatic N) is 1. The zero-order valence-corrected chi connectivity index (χ0v) is 10.0. The zero-order chi connectivity index (χ0) is 13.5. The molecular formula is C10H11ClFN3O3. The fourth-order valence-corrected chi connectivity index (χ4v) is 1.28. The second kappa shape index (κ2) is 6.87. The normalized spacial score (nSPS) is 10.1. The number of amides is 2. The lowest BCUT2D eigenvalue weighted by molar-refractivity contribution is -0.122. The van der Waals surface area contributed by atoms with E-state index in [1.807, 2.05) is 0 Å². The van der Waals surface area contributed by atoms with Crippen LogP contribution in [-0.2, 0) is 9.53 Å². The zero-order valence-electron chi connectivity index (χ0n) is 9.28. The molecule has 0 aliphatic rings. The van der Waals surface area contributed by atoms with Gasteiger partial charge in [0.25, 0.3) is 5.91 Å². The molecule has 0 bridgehead atoms. The number of carbonyl (C=O) groups is 2. The summed E-state index contributed by atoms with van der Waals surface area (Å²) in [5.41, 5.74) is 4.78. The molecule has 8 heteroatoms. The Morgan fingerprint density at radius 3 is 2.94 bits per heavy atom. The highest BCUT2D eigenvalue weighted by Gasteiger charge is 2.12. The number of ether oxygens (including phenoxy) is 1. The Hall–Kier alpha value is -1.73. The molecule has 98 valence electrons. The van der Waals surface area contributed by atoms with Crippen molar-refractivity contribution in [2.75, 3.05) is 19.8 Å². The predicted octanol–water partition coefficient (Wildman–Crippen LogP) is 0.106. The number of rotatable bonds is 6. The first-order valence-corrected chi connectivity index (χ1v) is 5.34. The van der Waals surface area contributed by atoms with E-state index in [2.05, 4.69) is 10.3 Å². The standard InChI is InChI=1S/C10H11ClFN3O3/c11-9-7(3-6(12)4-15-9)10(17)14-1-2-18-5-8(13)16/h3-4H,1-2,5H2,(H2,13,16)(H,14,17). The fourth-order valence-electron chi connectivity index (χ4n) is 1.09. The van der Waals surface area contributed by atoms with E-state index >= 15 is 0 Å². The highest BCUT2D eigenvalue weighted by atomic mass is 35.5. The molecule has 0 aliphatic carbocycles. The van der Waals surface area contributed by atoms with Crippen LogP contribution in [0.2, 0.25) is 5.15 Å². The van der Waals surface area contributed by atoms with Crippen molar-refractivity contribution in [3.05, 3.63) is 28.8 Å². The topological polar surface area (TPSA) is 94.3 Å². The summed E-state index contributed by atoms with van der Waals surface area (Å²) in [6, 6.07) is 0.981. The number of primary amides is 1. The lowest BCUT2D eigenvalue weighted by atomic mass is 10.2. The third-order valence-corrected chi connectivity index (χ3v) is 2.13. The number of nitrogens with two attached hydrogens (primary N) is 1. The minimum Gasteiger partial charge on any atom is -0.370 e. The van der Waals surface area contributed by atoms with Crippen LogP contribution in [0, 0.1) is 5.82 Å². The average molecular weight is 276 g/mol. The van der Waals surface area contributed by atoms with Gasteiger partial charge in [0.15, 0.2) is 0 Å². The van der Waals surface area contributed by atoms with Gasteiger partial charge in [-0.15, -0.1) is 0 Å². The minimum atomic E-state index is -0.658. The Bertz CT molecular complexity index is 456. The van der Waals surface area contributed by atoms with Crippen molar-refractivity contribution >= 4 is 23.4 Å². The Morgan fingerprint density at radius 1 is 1.56 bits per heavy atom. The summed E-state index contributed by atoms with van der Waals surface area (Å²) in [7, 11) is 0. The van der Waals surface area contributed by atoms with Gasteiger partial charge in [-0.2, -0.15) is 0 Å². The van der Waals surface area contributed by atoms with Crippen LogP contribution in [0.1, 0.15) is 10.4 Å². The molecule has 0 aliphatic heterocycles. The van der Waals surface area contributed by atoms with E-state index in [-0.39, 0.29) is 30.5 Å². The molecule has 0 fully saturated rings. The van der Waals surface area contributed by atoms with E-state index in [0.29, 0.717) is 0 Å². The Labute approximate surface area is 107 Å². The largest absolute Gasteiger partial charge is 0.370 e. The van der Waals surface area contributed by atoms with E-state index in [4.69, 9.17) is 22.1 Å². The molecule has 0 saturated heterocycles. The summed E-state index contributed by atoms with van der Waals surface area (Å²) in [4.78, 5) is 25.4. The lowest BCUT2D eigenvalue weighted by Gasteiger charge is -2.06. The Balaban J connectivity index is 2.41. The number of aromatic nitrogens is 1. The number of nitrogens with one attached hydrogen (secondary N) is 1.